The molecular formula is C15H17N5. The lowest BCUT2D eigenvalue weighted by atomic mass is 10.2. The molecule has 0 amide bonds. The Morgan fingerprint density at radius 1 is 1.15 bits per heavy atom. The highest BCUT2D eigenvalue weighted by Crippen LogP contribution is 2.18. The maximum absolute atomic E-state index is 8.90. The minimum atomic E-state index is 0.305. The Hall–Kier alpha value is -2.61. The third-order valence-electron chi connectivity index (χ3n) is 2.54. The Kier molecular flexibility index (Phi) is 4.16. The van der Waals surface area contributed by atoms with Gasteiger partial charge in [0.05, 0.1) is 11.6 Å². The van der Waals surface area contributed by atoms with Crippen LogP contribution < -0.4 is 10.6 Å². The Bertz CT molecular complexity index is 643. The van der Waals surface area contributed by atoms with Crippen molar-refractivity contribution < 1.29 is 0 Å². The van der Waals surface area contributed by atoms with E-state index in [-0.39, 0.29) is 0 Å². The zero-order valence-electron chi connectivity index (χ0n) is 11.8. The van der Waals surface area contributed by atoms with Crippen LogP contribution in [0.25, 0.3) is 0 Å². The molecule has 102 valence electrons. The largest absolute Gasteiger partial charge is 0.368 e. The van der Waals surface area contributed by atoms with Gasteiger partial charge in [-0.15, -0.1) is 0 Å². The number of aryl methyl sites for hydroxylation is 1. The van der Waals surface area contributed by atoms with E-state index < -0.39 is 0 Å². The van der Waals surface area contributed by atoms with Crippen LogP contribution in [0.1, 0.15) is 25.2 Å². The first kappa shape index (κ1) is 13.8. The highest BCUT2D eigenvalue weighted by atomic mass is 15.1. The summed E-state index contributed by atoms with van der Waals surface area (Å²) in [6, 6.07) is 11.6. The molecule has 20 heavy (non-hydrogen) atoms. The van der Waals surface area contributed by atoms with Crippen molar-refractivity contribution in [2.75, 3.05) is 10.6 Å². The quantitative estimate of drug-likeness (QED) is 0.889. The van der Waals surface area contributed by atoms with E-state index in [1.165, 1.54) is 0 Å². The fraction of sp³-hybridized carbons (Fsp3) is 0.267. The van der Waals surface area contributed by atoms with Crippen molar-refractivity contribution in [3.8, 4) is 6.07 Å². The van der Waals surface area contributed by atoms with Crippen LogP contribution in [0.3, 0.4) is 0 Å². The first-order chi connectivity index (χ1) is 9.56. The molecule has 2 N–H and O–H groups in total. The van der Waals surface area contributed by atoms with Gasteiger partial charge in [-0.05, 0) is 39.0 Å². The lowest BCUT2D eigenvalue weighted by Gasteiger charge is -2.12. The lowest BCUT2D eigenvalue weighted by molar-refractivity contribution is 0.881. The van der Waals surface area contributed by atoms with Crippen LogP contribution in [0.2, 0.25) is 0 Å². The first-order valence-electron chi connectivity index (χ1n) is 6.46. The Labute approximate surface area is 118 Å². The van der Waals surface area contributed by atoms with Gasteiger partial charge in [0, 0.05) is 17.8 Å². The molecule has 0 saturated heterocycles. The normalized spacial score (nSPS) is 10.2. The van der Waals surface area contributed by atoms with Crippen LogP contribution in [-0.4, -0.2) is 16.0 Å². The molecule has 2 rings (SSSR count). The van der Waals surface area contributed by atoms with Crippen molar-refractivity contribution in [1.82, 2.24) is 9.97 Å². The van der Waals surface area contributed by atoms with E-state index in [2.05, 4.69) is 40.5 Å². The van der Waals surface area contributed by atoms with E-state index in [9.17, 15) is 0 Å². The molecule has 2 aromatic rings. The second kappa shape index (κ2) is 6.02. The average Bonchev–Trinajstić information content (AvgIpc) is 2.37. The maximum Gasteiger partial charge on any atom is 0.136 e. The number of nitriles is 1. The number of benzene rings is 1. The first-order valence-corrected chi connectivity index (χ1v) is 6.46. The topological polar surface area (TPSA) is 73.6 Å². The minimum Gasteiger partial charge on any atom is -0.368 e. The second-order valence-electron chi connectivity index (χ2n) is 4.80. The van der Waals surface area contributed by atoms with Gasteiger partial charge >= 0.3 is 0 Å². The van der Waals surface area contributed by atoms with E-state index in [1.807, 2.05) is 25.1 Å². The van der Waals surface area contributed by atoms with Gasteiger partial charge in [0.1, 0.15) is 17.5 Å². The van der Waals surface area contributed by atoms with Crippen molar-refractivity contribution in [1.29, 1.82) is 5.26 Å². The van der Waals surface area contributed by atoms with Crippen LogP contribution in [0.5, 0.6) is 0 Å². The molecule has 1 aromatic heterocycles. The van der Waals surface area contributed by atoms with Gasteiger partial charge in [0.15, 0.2) is 0 Å². The van der Waals surface area contributed by atoms with Crippen molar-refractivity contribution >= 4 is 17.3 Å². The summed E-state index contributed by atoms with van der Waals surface area (Å²) in [4.78, 5) is 8.68. The molecular weight excluding hydrogens is 250 g/mol. The fourth-order valence-electron chi connectivity index (χ4n) is 1.82. The van der Waals surface area contributed by atoms with Crippen LogP contribution in [0.4, 0.5) is 17.3 Å². The third-order valence-corrected chi connectivity index (χ3v) is 2.54. The van der Waals surface area contributed by atoms with Crippen molar-refractivity contribution in [2.45, 2.75) is 26.8 Å². The summed E-state index contributed by atoms with van der Waals surface area (Å²) in [6.45, 7) is 5.96. The molecule has 0 unspecified atom stereocenters. The molecule has 0 aliphatic heterocycles. The van der Waals surface area contributed by atoms with E-state index in [0.29, 0.717) is 23.2 Å². The SMILES string of the molecule is Cc1nc(Nc2cccc(C#N)c2)cc(NC(C)C)n1. The molecule has 5 heteroatoms. The van der Waals surface area contributed by atoms with E-state index in [1.54, 1.807) is 12.1 Å². The molecule has 0 aliphatic rings. The fourth-order valence-corrected chi connectivity index (χ4v) is 1.82. The zero-order valence-corrected chi connectivity index (χ0v) is 11.8. The number of aromatic nitrogens is 2. The number of anilines is 3. The number of hydrogen-bond acceptors (Lipinski definition) is 5. The standard InChI is InChI=1S/C15H17N5/c1-10(2)17-14-8-15(19-11(3)18-14)20-13-6-4-5-12(7-13)9-16/h4-8,10H,1-3H3,(H2,17,18,19,20). The smallest absolute Gasteiger partial charge is 0.136 e. The van der Waals surface area contributed by atoms with Crippen molar-refractivity contribution in [3.63, 3.8) is 0 Å². The van der Waals surface area contributed by atoms with Gasteiger partial charge in [0.2, 0.25) is 0 Å². The van der Waals surface area contributed by atoms with Crippen LogP contribution in [-0.2, 0) is 0 Å². The predicted octanol–water partition coefficient (Wildman–Crippen LogP) is 3.22. The summed E-state index contributed by atoms with van der Waals surface area (Å²) in [5.74, 6) is 2.18. The summed E-state index contributed by atoms with van der Waals surface area (Å²) >= 11 is 0. The molecule has 5 nitrogen and oxygen atoms in total. The zero-order chi connectivity index (χ0) is 14.5. The molecule has 0 atom stereocenters. The lowest BCUT2D eigenvalue weighted by Crippen LogP contribution is -2.12. The summed E-state index contributed by atoms with van der Waals surface area (Å²) in [7, 11) is 0. The number of nitrogens with zero attached hydrogens (tertiary/aromatic N) is 3. The molecule has 0 aliphatic carbocycles. The third kappa shape index (κ3) is 3.69. The van der Waals surface area contributed by atoms with Crippen LogP contribution in [0.15, 0.2) is 30.3 Å². The van der Waals surface area contributed by atoms with Crippen LogP contribution in [0, 0.1) is 18.3 Å². The average molecular weight is 267 g/mol. The molecule has 0 fully saturated rings. The number of nitrogens with one attached hydrogen (secondary N) is 2. The molecule has 0 bridgehead atoms. The van der Waals surface area contributed by atoms with Gasteiger partial charge in [-0.3, -0.25) is 0 Å². The van der Waals surface area contributed by atoms with Gasteiger partial charge in [-0.1, -0.05) is 6.07 Å². The van der Waals surface area contributed by atoms with Crippen molar-refractivity contribution in [3.05, 3.63) is 41.7 Å². The number of rotatable bonds is 4. The molecule has 1 heterocycles. The highest BCUT2D eigenvalue weighted by molar-refractivity contribution is 5.61. The van der Waals surface area contributed by atoms with Gasteiger partial charge in [-0.2, -0.15) is 5.26 Å². The molecule has 0 saturated carbocycles. The van der Waals surface area contributed by atoms with Crippen molar-refractivity contribution in [2.24, 2.45) is 0 Å². The Balaban J connectivity index is 2.24. The van der Waals surface area contributed by atoms with Gasteiger partial charge < -0.3 is 10.6 Å². The van der Waals surface area contributed by atoms with E-state index in [0.717, 1.165) is 11.5 Å². The van der Waals surface area contributed by atoms with Crippen LogP contribution >= 0.6 is 0 Å². The van der Waals surface area contributed by atoms with Gasteiger partial charge in [0.25, 0.3) is 0 Å². The Morgan fingerprint density at radius 2 is 1.90 bits per heavy atom. The monoisotopic (exact) mass is 267 g/mol. The van der Waals surface area contributed by atoms with E-state index >= 15 is 0 Å². The van der Waals surface area contributed by atoms with Gasteiger partial charge in [-0.25, -0.2) is 9.97 Å². The molecule has 1 aromatic carbocycles. The summed E-state index contributed by atoms with van der Waals surface area (Å²) in [5.41, 5.74) is 1.44. The minimum absolute atomic E-state index is 0.305. The molecule has 0 radical (unpaired) electrons. The summed E-state index contributed by atoms with van der Waals surface area (Å²) < 4.78 is 0. The maximum atomic E-state index is 8.90. The Morgan fingerprint density at radius 3 is 2.60 bits per heavy atom. The summed E-state index contributed by atoms with van der Waals surface area (Å²) in [5, 5.41) is 15.3. The highest BCUT2D eigenvalue weighted by Gasteiger charge is 2.04. The predicted molar refractivity (Wildman–Crippen MR) is 80.0 cm³/mol. The summed E-state index contributed by atoms with van der Waals surface area (Å²) in [6.07, 6.45) is 0. The number of hydrogen-bond donors (Lipinski definition) is 2. The second-order valence-corrected chi connectivity index (χ2v) is 4.80. The van der Waals surface area contributed by atoms with E-state index in [4.69, 9.17) is 5.26 Å². The molecule has 0 spiro atoms.